The lowest BCUT2D eigenvalue weighted by atomic mass is 10.0. The van der Waals surface area contributed by atoms with E-state index < -0.39 is 0 Å². The van der Waals surface area contributed by atoms with Gasteiger partial charge in [-0.2, -0.15) is 5.10 Å². The number of nitrogens with zero attached hydrogens (tertiary/aromatic N) is 4. The molecular formula is C17H20BrN5O2. The Morgan fingerprint density at radius 3 is 2.52 bits per heavy atom. The molecule has 0 saturated heterocycles. The second kappa shape index (κ2) is 6.87. The molecule has 0 spiro atoms. The number of hydrogen-bond acceptors (Lipinski definition) is 6. The summed E-state index contributed by atoms with van der Waals surface area (Å²) in [6, 6.07) is 3.97. The van der Waals surface area contributed by atoms with Gasteiger partial charge in [0.25, 0.3) is 0 Å². The number of benzene rings is 1. The van der Waals surface area contributed by atoms with Gasteiger partial charge in [0.05, 0.1) is 25.6 Å². The highest BCUT2D eigenvalue weighted by molar-refractivity contribution is 9.10. The summed E-state index contributed by atoms with van der Waals surface area (Å²) in [5, 5.41) is 8.66. The fourth-order valence-corrected chi connectivity index (χ4v) is 3.50. The molecule has 7 nitrogen and oxygen atoms in total. The van der Waals surface area contributed by atoms with Crippen molar-refractivity contribution in [2.24, 2.45) is 7.05 Å². The molecule has 3 rings (SSSR count). The first-order valence-corrected chi connectivity index (χ1v) is 8.57. The van der Waals surface area contributed by atoms with Gasteiger partial charge in [0.1, 0.15) is 16.7 Å². The van der Waals surface area contributed by atoms with Crippen molar-refractivity contribution in [3.63, 3.8) is 0 Å². The van der Waals surface area contributed by atoms with Crippen LogP contribution in [0.3, 0.4) is 0 Å². The van der Waals surface area contributed by atoms with Crippen LogP contribution in [0.1, 0.15) is 24.1 Å². The van der Waals surface area contributed by atoms with Gasteiger partial charge >= 0.3 is 0 Å². The van der Waals surface area contributed by atoms with E-state index in [9.17, 15) is 0 Å². The van der Waals surface area contributed by atoms with Gasteiger partial charge in [-0.1, -0.05) is 0 Å². The molecule has 132 valence electrons. The van der Waals surface area contributed by atoms with Gasteiger partial charge in [-0.15, -0.1) is 0 Å². The lowest BCUT2D eigenvalue weighted by Gasteiger charge is -2.20. The molecule has 0 saturated carbocycles. The van der Waals surface area contributed by atoms with Gasteiger partial charge in [-0.3, -0.25) is 0 Å². The summed E-state index contributed by atoms with van der Waals surface area (Å²) in [6.07, 6.45) is 1.53. The predicted octanol–water partition coefficient (Wildman–Crippen LogP) is 3.62. The molecule has 1 N–H and O–H groups in total. The summed E-state index contributed by atoms with van der Waals surface area (Å²) in [4.78, 5) is 8.68. The van der Waals surface area contributed by atoms with Crippen molar-refractivity contribution in [2.75, 3.05) is 19.5 Å². The fourth-order valence-electron chi connectivity index (χ4n) is 2.90. The van der Waals surface area contributed by atoms with Crippen LogP contribution in [-0.2, 0) is 7.05 Å². The molecule has 2 heterocycles. The Bertz CT molecular complexity index is 925. The Hall–Kier alpha value is -2.35. The number of aromatic nitrogens is 4. The minimum atomic E-state index is 0.00464. The monoisotopic (exact) mass is 405 g/mol. The Morgan fingerprint density at radius 1 is 1.16 bits per heavy atom. The maximum Gasteiger partial charge on any atom is 0.164 e. The van der Waals surface area contributed by atoms with Crippen molar-refractivity contribution in [1.82, 2.24) is 19.7 Å². The molecule has 1 aromatic carbocycles. The van der Waals surface area contributed by atoms with Gasteiger partial charge in [0, 0.05) is 7.05 Å². The SMILES string of the molecule is COc1cc(C)c(C(C)Nc2ncnc3c2c(Br)nn3C)cc1OC. The van der Waals surface area contributed by atoms with Crippen LogP contribution in [0, 0.1) is 6.92 Å². The van der Waals surface area contributed by atoms with Crippen LogP contribution >= 0.6 is 15.9 Å². The molecule has 0 radical (unpaired) electrons. The zero-order chi connectivity index (χ0) is 18.1. The van der Waals surface area contributed by atoms with Gasteiger partial charge in [0.2, 0.25) is 0 Å². The third-order valence-corrected chi connectivity index (χ3v) is 4.72. The maximum absolute atomic E-state index is 5.43. The van der Waals surface area contributed by atoms with E-state index in [4.69, 9.17) is 9.47 Å². The van der Waals surface area contributed by atoms with Crippen LogP contribution in [0.4, 0.5) is 5.82 Å². The molecule has 2 aromatic heterocycles. The van der Waals surface area contributed by atoms with Crippen molar-refractivity contribution in [3.05, 3.63) is 34.2 Å². The summed E-state index contributed by atoms with van der Waals surface area (Å²) in [5.41, 5.74) is 2.97. The zero-order valence-electron chi connectivity index (χ0n) is 14.8. The maximum atomic E-state index is 5.43. The van der Waals surface area contributed by atoms with E-state index in [0.717, 1.165) is 33.7 Å². The molecule has 0 aliphatic rings. The van der Waals surface area contributed by atoms with Gasteiger partial charge in [-0.25, -0.2) is 14.6 Å². The van der Waals surface area contributed by atoms with Gasteiger partial charge in [-0.05, 0) is 53.0 Å². The third kappa shape index (κ3) is 3.13. The molecule has 1 unspecified atom stereocenters. The smallest absolute Gasteiger partial charge is 0.164 e. The molecule has 3 aromatic rings. The molecule has 0 fully saturated rings. The second-order valence-corrected chi connectivity index (χ2v) is 6.52. The van der Waals surface area contributed by atoms with E-state index in [2.05, 4.69) is 43.2 Å². The number of ether oxygens (including phenoxy) is 2. The van der Waals surface area contributed by atoms with E-state index in [-0.39, 0.29) is 6.04 Å². The number of anilines is 1. The molecule has 8 heteroatoms. The number of aryl methyl sites for hydroxylation is 2. The van der Waals surface area contributed by atoms with E-state index in [0.29, 0.717) is 10.4 Å². The number of nitrogens with one attached hydrogen (secondary N) is 1. The Kier molecular flexibility index (Phi) is 4.80. The van der Waals surface area contributed by atoms with E-state index >= 15 is 0 Å². The third-order valence-electron chi connectivity index (χ3n) is 4.17. The van der Waals surface area contributed by atoms with E-state index in [1.165, 1.54) is 6.33 Å². The van der Waals surface area contributed by atoms with Crippen LogP contribution in [-0.4, -0.2) is 34.0 Å². The molecule has 1 atom stereocenters. The molecular weight excluding hydrogens is 386 g/mol. The van der Waals surface area contributed by atoms with Gasteiger partial charge in [0.15, 0.2) is 17.1 Å². The number of methoxy groups -OCH3 is 2. The Labute approximate surface area is 154 Å². The number of halogens is 1. The highest BCUT2D eigenvalue weighted by Gasteiger charge is 2.18. The van der Waals surface area contributed by atoms with Crippen LogP contribution in [0.2, 0.25) is 0 Å². The number of fused-ring (bicyclic) bond motifs is 1. The molecule has 0 aliphatic heterocycles. The van der Waals surface area contributed by atoms with Crippen LogP contribution in [0.15, 0.2) is 23.1 Å². The van der Waals surface area contributed by atoms with Crippen LogP contribution in [0.25, 0.3) is 11.0 Å². The molecule has 25 heavy (non-hydrogen) atoms. The molecule has 0 amide bonds. The van der Waals surface area contributed by atoms with Crippen molar-refractivity contribution in [3.8, 4) is 11.5 Å². The van der Waals surface area contributed by atoms with Crippen molar-refractivity contribution in [2.45, 2.75) is 19.9 Å². The quantitative estimate of drug-likeness (QED) is 0.698. The summed E-state index contributed by atoms with van der Waals surface area (Å²) in [6.45, 7) is 4.12. The lowest BCUT2D eigenvalue weighted by Crippen LogP contribution is -2.10. The normalized spacial score (nSPS) is 12.2. The standard InChI is InChI=1S/C17H20BrN5O2/c1-9-6-12(24-4)13(25-5)7-11(9)10(2)21-16-14-15(18)22-23(3)17(14)20-8-19-16/h6-8,10H,1-5H3,(H,19,20,21). The minimum Gasteiger partial charge on any atom is -0.493 e. The number of hydrogen-bond donors (Lipinski definition) is 1. The molecule has 0 bridgehead atoms. The lowest BCUT2D eigenvalue weighted by molar-refractivity contribution is 0.354. The van der Waals surface area contributed by atoms with Crippen molar-refractivity contribution >= 4 is 32.8 Å². The second-order valence-electron chi connectivity index (χ2n) is 5.77. The average Bonchev–Trinajstić information content (AvgIpc) is 2.89. The van der Waals surface area contributed by atoms with Crippen molar-refractivity contribution in [1.29, 1.82) is 0 Å². The number of rotatable bonds is 5. The van der Waals surface area contributed by atoms with Crippen LogP contribution in [0.5, 0.6) is 11.5 Å². The van der Waals surface area contributed by atoms with E-state index in [1.807, 2.05) is 26.1 Å². The Morgan fingerprint density at radius 2 is 1.84 bits per heavy atom. The fraction of sp³-hybridized carbons (Fsp3) is 0.353. The van der Waals surface area contributed by atoms with E-state index in [1.54, 1.807) is 18.9 Å². The Balaban J connectivity index is 2.00. The summed E-state index contributed by atoms with van der Waals surface area (Å²) in [7, 11) is 5.12. The summed E-state index contributed by atoms with van der Waals surface area (Å²) < 4.78 is 13.2. The highest BCUT2D eigenvalue weighted by Crippen LogP contribution is 2.35. The average molecular weight is 406 g/mol. The summed E-state index contributed by atoms with van der Waals surface area (Å²) in [5.74, 6) is 2.15. The predicted molar refractivity (Wildman–Crippen MR) is 100 cm³/mol. The first-order valence-electron chi connectivity index (χ1n) is 7.78. The minimum absolute atomic E-state index is 0.00464. The largest absolute Gasteiger partial charge is 0.493 e. The topological polar surface area (TPSA) is 74.1 Å². The first-order chi connectivity index (χ1) is 12.0. The van der Waals surface area contributed by atoms with Crippen LogP contribution < -0.4 is 14.8 Å². The zero-order valence-corrected chi connectivity index (χ0v) is 16.4. The highest BCUT2D eigenvalue weighted by atomic mass is 79.9. The molecule has 0 aliphatic carbocycles. The van der Waals surface area contributed by atoms with Crippen molar-refractivity contribution < 1.29 is 9.47 Å². The first kappa shape index (κ1) is 17.5. The van der Waals surface area contributed by atoms with Gasteiger partial charge < -0.3 is 14.8 Å². The summed E-state index contributed by atoms with van der Waals surface area (Å²) >= 11 is 3.48.